The zero-order chi connectivity index (χ0) is 15.9. The maximum atomic E-state index is 5.55. The zero-order valence-electron chi connectivity index (χ0n) is 13.6. The molecule has 23 heavy (non-hydrogen) atoms. The average Bonchev–Trinajstić information content (AvgIpc) is 2.53. The molecule has 0 fully saturated rings. The van der Waals surface area contributed by atoms with E-state index >= 15 is 0 Å². The van der Waals surface area contributed by atoms with Crippen LogP contribution in [0.1, 0.15) is 18.1 Å². The molecule has 2 rings (SSSR count). The lowest BCUT2D eigenvalue weighted by Crippen LogP contribution is -3.00. The number of rotatable bonds is 6. The first-order chi connectivity index (χ1) is 10.7. The molecule has 0 bridgehead atoms. The van der Waals surface area contributed by atoms with Gasteiger partial charge in [0.15, 0.2) is 11.4 Å². The van der Waals surface area contributed by atoms with Crippen LogP contribution in [0, 0.1) is 0 Å². The number of hydrogen-bond acceptors (Lipinski definition) is 3. The summed E-state index contributed by atoms with van der Waals surface area (Å²) in [7, 11) is 3.29. The highest BCUT2D eigenvalue weighted by molar-refractivity contribution is 5.72. The summed E-state index contributed by atoms with van der Waals surface area (Å²) in [5, 5.41) is 0. The Morgan fingerprint density at radius 3 is 2.22 bits per heavy atom. The smallest absolute Gasteiger partial charge is 0.179 e. The summed E-state index contributed by atoms with van der Waals surface area (Å²) in [6.07, 6.45) is 4.05. The van der Waals surface area contributed by atoms with Crippen LogP contribution in [-0.2, 0) is 0 Å². The molecule has 2 aromatic carbocycles. The Balaban J connectivity index is 0.00000264. The first kappa shape index (κ1) is 18.9. The van der Waals surface area contributed by atoms with Gasteiger partial charge in [-0.1, -0.05) is 18.2 Å². The highest BCUT2D eigenvalue weighted by Crippen LogP contribution is 2.25. The number of benzene rings is 2. The Labute approximate surface area is 143 Å². The second-order valence-corrected chi connectivity index (χ2v) is 4.78. The van der Waals surface area contributed by atoms with E-state index in [-0.39, 0.29) is 12.4 Å². The molecule has 0 saturated carbocycles. The second-order valence-electron chi connectivity index (χ2n) is 4.78. The molecule has 0 amide bonds. The Kier molecular flexibility index (Phi) is 7.45. The SMILES string of the molecule is CCOc1cc(/C=C\c2ccc(OC)c([NH3+])c2)cc(OC)c1.[Cl-]. The van der Waals surface area contributed by atoms with Gasteiger partial charge in [0.05, 0.1) is 20.8 Å². The number of halogens is 1. The third-order valence-electron chi connectivity index (χ3n) is 3.22. The van der Waals surface area contributed by atoms with E-state index in [4.69, 9.17) is 14.2 Å². The largest absolute Gasteiger partial charge is 1.00 e. The van der Waals surface area contributed by atoms with Gasteiger partial charge < -0.3 is 32.4 Å². The van der Waals surface area contributed by atoms with Crippen LogP contribution in [0.15, 0.2) is 36.4 Å². The normalized spacial score (nSPS) is 10.3. The fourth-order valence-electron chi connectivity index (χ4n) is 2.15. The molecule has 5 heteroatoms. The van der Waals surface area contributed by atoms with Gasteiger partial charge in [-0.15, -0.1) is 0 Å². The quantitative estimate of drug-likeness (QED) is 0.765. The lowest BCUT2D eigenvalue weighted by molar-refractivity contribution is -0.256. The number of quaternary nitrogens is 1. The van der Waals surface area contributed by atoms with Gasteiger partial charge in [0, 0.05) is 12.1 Å². The van der Waals surface area contributed by atoms with Gasteiger partial charge >= 0.3 is 0 Å². The monoisotopic (exact) mass is 335 g/mol. The van der Waals surface area contributed by atoms with Crippen molar-refractivity contribution in [2.24, 2.45) is 0 Å². The fraction of sp³-hybridized carbons (Fsp3) is 0.222. The molecule has 0 aliphatic rings. The molecule has 0 radical (unpaired) electrons. The molecule has 0 aliphatic carbocycles. The van der Waals surface area contributed by atoms with Crippen molar-refractivity contribution in [3.63, 3.8) is 0 Å². The van der Waals surface area contributed by atoms with Crippen molar-refractivity contribution in [1.29, 1.82) is 0 Å². The minimum absolute atomic E-state index is 0. The third-order valence-corrected chi connectivity index (χ3v) is 3.22. The summed E-state index contributed by atoms with van der Waals surface area (Å²) in [5.74, 6) is 2.37. The van der Waals surface area contributed by atoms with Crippen molar-refractivity contribution in [3.8, 4) is 17.2 Å². The summed E-state index contributed by atoms with van der Waals surface area (Å²) in [6, 6.07) is 11.7. The van der Waals surface area contributed by atoms with E-state index in [0.29, 0.717) is 6.61 Å². The van der Waals surface area contributed by atoms with Gasteiger partial charge in [0.25, 0.3) is 0 Å². The Morgan fingerprint density at radius 2 is 1.61 bits per heavy atom. The molecule has 0 saturated heterocycles. The molecular formula is C18H22ClNO3. The molecule has 2 aromatic rings. The minimum Gasteiger partial charge on any atom is -1.00 e. The maximum Gasteiger partial charge on any atom is 0.179 e. The van der Waals surface area contributed by atoms with Gasteiger partial charge in [0.2, 0.25) is 0 Å². The Bertz CT molecular complexity index is 671. The summed E-state index contributed by atoms with van der Waals surface area (Å²) in [5.41, 5.74) is 6.92. The van der Waals surface area contributed by atoms with Gasteiger partial charge in [-0.2, -0.15) is 0 Å². The van der Waals surface area contributed by atoms with Gasteiger partial charge in [-0.3, -0.25) is 0 Å². The van der Waals surface area contributed by atoms with Crippen LogP contribution in [0.5, 0.6) is 17.2 Å². The second kappa shape index (κ2) is 9.08. The number of methoxy groups -OCH3 is 2. The van der Waals surface area contributed by atoms with Crippen molar-refractivity contribution >= 4 is 17.8 Å². The summed E-state index contributed by atoms with van der Waals surface area (Å²) < 4.78 is 16.1. The Hall–Kier alpha value is -2.17. The first-order valence-corrected chi connectivity index (χ1v) is 7.16. The molecule has 4 nitrogen and oxygen atoms in total. The highest BCUT2D eigenvalue weighted by atomic mass is 35.5. The molecule has 0 aliphatic heterocycles. The van der Waals surface area contributed by atoms with Crippen LogP contribution in [0.2, 0.25) is 0 Å². The van der Waals surface area contributed by atoms with Crippen LogP contribution in [0.25, 0.3) is 12.2 Å². The lowest BCUT2D eigenvalue weighted by atomic mass is 10.1. The van der Waals surface area contributed by atoms with E-state index in [0.717, 1.165) is 34.1 Å². The Morgan fingerprint density at radius 1 is 0.913 bits per heavy atom. The maximum absolute atomic E-state index is 5.55. The zero-order valence-corrected chi connectivity index (χ0v) is 14.4. The standard InChI is InChI=1S/C18H21NO3.ClH/c1-4-22-16-10-14(9-15(12-16)20-2)6-5-13-7-8-18(21-3)17(19)11-13;/h5-12H,4,19H2,1-3H3;1H/b6-5-;. The van der Waals surface area contributed by atoms with E-state index in [1.807, 2.05) is 55.5 Å². The molecule has 0 atom stereocenters. The molecule has 0 aromatic heterocycles. The van der Waals surface area contributed by atoms with E-state index in [2.05, 4.69) is 5.73 Å². The van der Waals surface area contributed by atoms with Crippen molar-refractivity contribution < 1.29 is 32.4 Å². The van der Waals surface area contributed by atoms with Crippen LogP contribution in [0.4, 0.5) is 5.69 Å². The molecule has 0 heterocycles. The summed E-state index contributed by atoms with van der Waals surface area (Å²) >= 11 is 0. The average molecular weight is 336 g/mol. The van der Waals surface area contributed by atoms with Gasteiger partial charge in [0.1, 0.15) is 11.5 Å². The van der Waals surface area contributed by atoms with Crippen LogP contribution < -0.4 is 32.4 Å². The topological polar surface area (TPSA) is 55.3 Å². The number of hydrogen-bond donors (Lipinski definition) is 1. The fourth-order valence-corrected chi connectivity index (χ4v) is 2.15. The lowest BCUT2D eigenvalue weighted by Gasteiger charge is -2.07. The van der Waals surface area contributed by atoms with Crippen molar-refractivity contribution in [2.75, 3.05) is 20.8 Å². The predicted octanol–water partition coefficient (Wildman–Crippen LogP) is 0.150. The molecular weight excluding hydrogens is 314 g/mol. The first-order valence-electron chi connectivity index (χ1n) is 7.16. The van der Waals surface area contributed by atoms with Crippen LogP contribution in [-0.4, -0.2) is 20.8 Å². The van der Waals surface area contributed by atoms with Crippen molar-refractivity contribution in [3.05, 3.63) is 47.5 Å². The van der Waals surface area contributed by atoms with Crippen molar-refractivity contribution in [1.82, 2.24) is 0 Å². The van der Waals surface area contributed by atoms with Crippen molar-refractivity contribution in [2.45, 2.75) is 6.92 Å². The van der Waals surface area contributed by atoms with Gasteiger partial charge in [-0.05, 0) is 36.2 Å². The van der Waals surface area contributed by atoms with Gasteiger partial charge in [-0.25, -0.2) is 0 Å². The van der Waals surface area contributed by atoms with Crippen LogP contribution in [0.3, 0.4) is 0 Å². The van der Waals surface area contributed by atoms with E-state index in [1.54, 1.807) is 14.2 Å². The minimum atomic E-state index is 0. The van der Waals surface area contributed by atoms with E-state index < -0.39 is 0 Å². The van der Waals surface area contributed by atoms with Crippen LogP contribution >= 0.6 is 0 Å². The summed E-state index contributed by atoms with van der Waals surface area (Å²) in [6.45, 7) is 2.59. The molecule has 0 spiro atoms. The van der Waals surface area contributed by atoms with E-state index in [1.165, 1.54) is 0 Å². The third kappa shape index (κ3) is 5.20. The molecule has 124 valence electrons. The molecule has 3 N–H and O–H groups in total. The van der Waals surface area contributed by atoms with E-state index in [9.17, 15) is 0 Å². The highest BCUT2D eigenvalue weighted by Gasteiger charge is 2.03. The number of ether oxygens (including phenoxy) is 3. The summed E-state index contributed by atoms with van der Waals surface area (Å²) in [4.78, 5) is 0. The predicted molar refractivity (Wildman–Crippen MR) is 88.6 cm³/mol. The molecule has 0 unspecified atom stereocenters.